The summed E-state index contributed by atoms with van der Waals surface area (Å²) in [6.07, 6.45) is 5.73. The molecule has 0 bridgehead atoms. The van der Waals surface area contributed by atoms with E-state index in [9.17, 15) is 4.79 Å². The van der Waals surface area contributed by atoms with Crippen LogP contribution in [-0.4, -0.2) is 33.7 Å². The van der Waals surface area contributed by atoms with Crippen LogP contribution in [0.25, 0.3) is 0 Å². The van der Waals surface area contributed by atoms with Gasteiger partial charge in [-0.15, -0.1) is 11.3 Å². The van der Waals surface area contributed by atoms with Crippen LogP contribution in [0.2, 0.25) is 0 Å². The number of hydrogen-bond acceptors (Lipinski definition) is 4. The van der Waals surface area contributed by atoms with Gasteiger partial charge < -0.3 is 15.0 Å². The second-order valence-corrected chi connectivity index (χ2v) is 5.51. The molecule has 0 atom stereocenters. The summed E-state index contributed by atoms with van der Waals surface area (Å²) >= 11 is 1.38. The molecule has 0 saturated carbocycles. The highest BCUT2D eigenvalue weighted by Gasteiger charge is 2.10. The number of nitrogens with zero attached hydrogens (tertiary/aromatic N) is 2. The number of aliphatic hydroxyl groups is 1. The highest BCUT2D eigenvalue weighted by atomic mass is 32.1. The Morgan fingerprint density at radius 3 is 3.14 bits per heavy atom. The zero-order chi connectivity index (χ0) is 15.1. The van der Waals surface area contributed by atoms with Gasteiger partial charge in [0.2, 0.25) is 0 Å². The van der Waals surface area contributed by atoms with E-state index < -0.39 is 0 Å². The van der Waals surface area contributed by atoms with E-state index in [1.807, 2.05) is 23.8 Å². The third-order valence-electron chi connectivity index (χ3n) is 2.80. The maximum absolute atomic E-state index is 12.1. The van der Waals surface area contributed by atoms with Gasteiger partial charge in [-0.2, -0.15) is 0 Å². The van der Waals surface area contributed by atoms with Gasteiger partial charge >= 0.3 is 0 Å². The van der Waals surface area contributed by atoms with Gasteiger partial charge in [-0.3, -0.25) is 4.79 Å². The zero-order valence-electron chi connectivity index (χ0n) is 11.8. The number of hydrogen-bond donors (Lipinski definition) is 2. The third kappa shape index (κ3) is 4.45. The molecular formula is C15H17N3O2S. The summed E-state index contributed by atoms with van der Waals surface area (Å²) in [5.41, 5.74) is 0.991. The molecule has 2 rings (SSSR count). The standard InChI is InChI=1S/C15H17N3O2S/c1-12-10-14(21-13(12)4-2-3-9-19)15(20)17-6-8-18-7-5-16-11-18/h5,7,10-11,19H,3,6,8-9H2,1H3,(H,17,20). The van der Waals surface area contributed by atoms with Crippen molar-refractivity contribution in [2.24, 2.45) is 0 Å². The average Bonchev–Trinajstić information content (AvgIpc) is 3.09. The van der Waals surface area contributed by atoms with Crippen LogP contribution in [0, 0.1) is 18.8 Å². The minimum Gasteiger partial charge on any atom is -0.395 e. The van der Waals surface area contributed by atoms with Crippen LogP contribution in [0.5, 0.6) is 0 Å². The van der Waals surface area contributed by atoms with Crippen LogP contribution in [0.3, 0.4) is 0 Å². The SMILES string of the molecule is Cc1cc(C(=O)NCCn2ccnc2)sc1C#CCCO. The van der Waals surface area contributed by atoms with Gasteiger partial charge in [-0.1, -0.05) is 11.8 Å². The molecule has 1 amide bonds. The molecule has 0 aromatic carbocycles. The Labute approximate surface area is 127 Å². The first kappa shape index (κ1) is 15.3. The van der Waals surface area contributed by atoms with E-state index in [-0.39, 0.29) is 12.5 Å². The van der Waals surface area contributed by atoms with E-state index in [0.29, 0.717) is 24.4 Å². The molecule has 0 fully saturated rings. The molecule has 0 spiro atoms. The first-order valence-corrected chi connectivity index (χ1v) is 7.46. The number of aromatic nitrogens is 2. The Kier molecular flexibility index (Phi) is 5.55. The van der Waals surface area contributed by atoms with Crippen molar-refractivity contribution >= 4 is 17.2 Å². The number of aryl methyl sites for hydroxylation is 1. The van der Waals surface area contributed by atoms with E-state index in [1.54, 1.807) is 12.5 Å². The lowest BCUT2D eigenvalue weighted by molar-refractivity contribution is 0.0956. The molecule has 0 aliphatic heterocycles. The summed E-state index contributed by atoms with van der Waals surface area (Å²) in [6, 6.07) is 1.85. The monoisotopic (exact) mass is 303 g/mol. The Hall–Kier alpha value is -2.10. The number of thiophene rings is 1. The minimum absolute atomic E-state index is 0.0546. The molecule has 5 nitrogen and oxygen atoms in total. The summed E-state index contributed by atoms with van der Waals surface area (Å²) in [4.78, 5) is 17.5. The number of carbonyl (C=O) groups excluding carboxylic acids is 1. The van der Waals surface area contributed by atoms with Gasteiger partial charge in [0.1, 0.15) is 0 Å². The molecule has 2 N–H and O–H groups in total. The van der Waals surface area contributed by atoms with Crippen LogP contribution in [0.15, 0.2) is 24.8 Å². The summed E-state index contributed by atoms with van der Waals surface area (Å²) in [5, 5.41) is 11.6. The largest absolute Gasteiger partial charge is 0.395 e. The Morgan fingerprint density at radius 1 is 1.57 bits per heavy atom. The predicted octanol–water partition coefficient (Wildman–Crippen LogP) is 1.42. The van der Waals surface area contributed by atoms with Gasteiger partial charge in [-0.25, -0.2) is 4.98 Å². The van der Waals surface area contributed by atoms with Crippen LogP contribution in [0.4, 0.5) is 0 Å². The van der Waals surface area contributed by atoms with E-state index >= 15 is 0 Å². The first-order chi connectivity index (χ1) is 10.2. The van der Waals surface area contributed by atoms with Crippen molar-refractivity contribution in [1.82, 2.24) is 14.9 Å². The number of carbonyl (C=O) groups is 1. The quantitative estimate of drug-likeness (QED) is 0.821. The van der Waals surface area contributed by atoms with E-state index in [1.165, 1.54) is 11.3 Å². The highest BCUT2D eigenvalue weighted by molar-refractivity contribution is 7.14. The number of aliphatic hydroxyl groups excluding tert-OH is 1. The second-order valence-electron chi connectivity index (χ2n) is 4.45. The maximum atomic E-state index is 12.1. The summed E-state index contributed by atoms with van der Waals surface area (Å²) in [5.74, 6) is 5.77. The van der Waals surface area contributed by atoms with E-state index in [2.05, 4.69) is 22.1 Å². The molecule has 2 aromatic rings. The van der Waals surface area contributed by atoms with Crippen molar-refractivity contribution in [3.63, 3.8) is 0 Å². The molecule has 0 aliphatic carbocycles. The smallest absolute Gasteiger partial charge is 0.261 e. The van der Waals surface area contributed by atoms with Crippen LogP contribution in [-0.2, 0) is 6.54 Å². The lowest BCUT2D eigenvalue weighted by Crippen LogP contribution is -2.26. The Morgan fingerprint density at radius 2 is 2.43 bits per heavy atom. The summed E-state index contributed by atoms with van der Waals surface area (Å²) in [6.45, 7) is 3.23. The van der Waals surface area contributed by atoms with Gasteiger partial charge in [0.25, 0.3) is 5.91 Å². The number of imidazole rings is 1. The molecule has 2 aromatic heterocycles. The van der Waals surface area contributed by atoms with Crippen molar-refractivity contribution in [1.29, 1.82) is 0 Å². The summed E-state index contributed by atoms with van der Waals surface area (Å²) < 4.78 is 1.91. The third-order valence-corrected chi connectivity index (χ3v) is 3.95. The molecule has 6 heteroatoms. The van der Waals surface area contributed by atoms with Crippen molar-refractivity contribution in [2.75, 3.05) is 13.2 Å². The highest BCUT2D eigenvalue weighted by Crippen LogP contribution is 2.20. The van der Waals surface area contributed by atoms with E-state index in [4.69, 9.17) is 5.11 Å². The van der Waals surface area contributed by atoms with Gasteiger partial charge in [0.15, 0.2) is 0 Å². The topological polar surface area (TPSA) is 67.2 Å². The zero-order valence-corrected chi connectivity index (χ0v) is 12.6. The van der Waals surface area contributed by atoms with Crippen LogP contribution < -0.4 is 5.32 Å². The lowest BCUT2D eigenvalue weighted by atomic mass is 10.2. The average molecular weight is 303 g/mol. The molecule has 0 radical (unpaired) electrons. The fourth-order valence-electron chi connectivity index (χ4n) is 1.72. The van der Waals surface area contributed by atoms with Gasteiger partial charge in [-0.05, 0) is 18.6 Å². The molecular weight excluding hydrogens is 286 g/mol. The fraction of sp³-hybridized carbons (Fsp3) is 0.333. The van der Waals surface area contributed by atoms with Gasteiger partial charge in [0.05, 0.1) is 22.7 Å². The molecule has 0 saturated heterocycles. The van der Waals surface area contributed by atoms with Crippen LogP contribution in [0.1, 0.15) is 26.5 Å². The molecule has 0 unspecified atom stereocenters. The molecule has 110 valence electrons. The van der Waals surface area contributed by atoms with Gasteiger partial charge in [0, 0.05) is 31.9 Å². The first-order valence-electron chi connectivity index (χ1n) is 6.65. The Bertz CT molecular complexity index is 650. The van der Waals surface area contributed by atoms with Crippen molar-refractivity contribution in [2.45, 2.75) is 19.9 Å². The van der Waals surface area contributed by atoms with Crippen molar-refractivity contribution in [3.05, 3.63) is 40.1 Å². The number of nitrogens with one attached hydrogen (secondary N) is 1. The number of amides is 1. The minimum atomic E-state index is -0.0848. The molecule has 21 heavy (non-hydrogen) atoms. The second kappa shape index (κ2) is 7.62. The van der Waals surface area contributed by atoms with Crippen LogP contribution >= 0.6 is 11.3 Å². The summed E-state index contributed by atoms with van der Waals surface area (Å²) in [7, 11) is 0. The van der Waals surface area contributed by atoms with Crippen molar-refractivity contribution < 1.29 is 9.90 Å². The van der Waals surface area contributed by atoms with E-state index in [0.717, 1.165) is 10.4 Å². The Balaban J connectivity index is 1.90. The van der Waals surface area contributed by atoms with Crippen molar-refractivity contribution in [3.8, 4) is 11.8 Å². The molecule has 0 aliphatic rings. The number of rotatable bonds is 5. The lowest BCUT2D eigenvalue weighted by Gasteiger charge is -2.03. The molecule has 2 heterocycles. The normalized spacial score (nSPS) is 10.0. The fourth-order valence-corrected chi connectivity index (χ4v) is 2.69. The predicted molar refractivity (Wildman–Crippen MR) is 82.2 cm³/mol. The maximum Gasteiger partial charge on any atom is 0.261 e.